The Kier molecular flexibility index (Phi) is 6.51. The van der Waals surface area contributed by atoms with Crippen LogP contribution in [0.2, 0.25) is 5.02 Å². The van der Waals surface area contributed by atoms with Gasteiger partial charge in [0.1, 0.15) is 11.8 Å². The number of anilines is 2. The lowest BCUT2D eigenvalue weighted by Gasteiger charge is -2.29. The van der Waals surface area contributed by atoms with Crippen molar-refractivity contribution in [1.29, 1.82) is 0 Å². The Hall–Kier alpha value is -3.18. The van der Waals surface area contributed by atoms with E-state index < -0.39 is 17.1 Å². The zero-order chi connectivity index (χ0) is 26.6. The Bertz CT molecular complexity index is 1630. The summed E-state index contributed by atoms with van der Waals surface area (Å²) >= 11 is 9.75. The quantitative estimate of drug-likeness (QED) is 0.320. The summed E-state index contributed by atoms with van der Waals surface area (Å²) in [6, 6.07) is 17.8. The van der Waals surface area contributed by atoms with E-state index in [-0.39, 0.29) is 29.1 Å². The number of imide groups is 1. The minimum absolute atomic E-state index is 0.191. The standard InChI is InChI=1S/C27H20ClN3O4S3/c1-14-5-2-3-6-17(14)29-19(32)13-30-26-23(38-27(30)35)20(18-7-4-12-36-18)21-22(37-26)25(34)31(24(21)33)16-10-8-15(28)9-11-16/h2-12,20-22H,13H2,1H3,(H,29,32)/t20-,21?,22?/m1/s1. The molecule has 3 amide bonds. The van der Waals surface area contributed by atoms with Crippen molar-refractivity contribution in [2.24, 2.45) is 5.92 Å². The number of aryl methyl sites for hydroxylation is 1. The van der Waals surface area contributed by atoms with Gasteiger partial charge in [-0.05, 0) is 54.3 Å². The molecule has 1 fully saturated rings. The Labute approximate surface area is 235 Å². The second-order valence-electron chi connectivity index (χ2n) is 9.03. The summed E-state index contributed by atoms with van der Waals surface area (Å²) in [7, 11) is 0. The number of thioether (sulfide) groups is 1. The van der Waals surface area contributed by atoms with Crippen molar-refractivity contribution in [2.75, 3.05) is 10.2 Å². The first-order chi connectivity index (χ1) is 18.3. The molecule has 2 aliphatic rings. The molecule has 11 heteroatoms. The lowest BCUT2D eigenvalue weighted by atomic mass is 9.87. The maximum atomic E-state index is 13.8. The van der Waals surface area contributed by atoms with Crippen molar-refractivity contribution in [3.63, 3.8) is 0 Å². The molecule has 2 aromatic heterocycles. The fraction of sp³-hybridized carbons (Fsp3) is 0.185. The van der Waals surface area contributed by atoms with Crippen LogP contribution in [0.1, 0.15) is 21.2 Å². The Morgan fingerprint density at radius 2 is 1.76 bits per heavy atom. The van der Waals surface area contributed by atoms with E-state index in [2.05, 4.69) is 5.32 Å². The van der Waals surface area contributed by atoms with Gasteiger partial charge < -0.3 is 5.32 Å². The molecule has 6 rings (SSSR count). The van der Waals surface area contributed by atoms with Gasteiger partial charge in [0.2, 0.25) is 17.7 Å². The summed E-state index contributed by atoms with van der Waals surface area (Å²) in [5, 5.41) is 5.14. The molecule has 2 aromatic carbocycles. The van der Waals surface area contributed by atoms with Gasteiger partial charge in [0.05, 0.1) is 16.6 Å². The molecule has 38 heavy (non-hydrogen) atoms. The SMILES string of the molecule is Cc1ccccc1NC(=O)Cn1c2c(sc1=O)[C@H](c1cccs1)C1C(=O)N(c3ccc(Cl)cc3)C(=O)C1S2. The number of carbonyl (C=O) groups excluding carboxylic acids is 3. The first-order valence-electron chi connectivity index (χ1n) is 11.8. The van der Waals surface area contributed by atoms with Gasteiger partial charge in [0.15, 0.2) is 0 Å². The second-order valence-corrected chi connectivity index (χ2v) is 12.6. The molecular formula is C27H20ClN3O4S3. The van der Waals surface area contributed by atoms with E-state index >= 15 is 0 Å². The molecule has 2 unspecified atom stereocenters. The fourth-order valence-electron chi connectivity index (χ4n) is 4.92. The number of fused-ring (bicyclic) bond motifs is 2. The van der Waals surface area contributed by atoms with Crippen molar-refractivity contribution in [3.8, 4) is 0 Å². The predicted molar refractivity (Wildman–Crippen MR) is 152 cm³/mol. The molecule has 0 bridgehead atoms. The van der Waals surface area contributed by atoms with E-state index in [1.807, 2.05) is 42.6 Å². The number of nitrogens with zero attached hydrogens (tertiary/aromatic N) is 2. The first-order valence-corrected chi connectivity index (χ1v) is 14.7. The van der Waals surface area contributed by atoms with E-state index in [1.165, 1.54) is 32.6 Å². The van der Waals surface area contributed by atoms with Crippen molar-refractivity contribution < 1.29 is 14.4 Å². The number of halogens is 1. The number of nitrogens with one attached hydrogen (secondary N) is 1. The number of carbonyl (C=O) groups is 3. The minimum Gasteiger partial charge on any atom is -0.324 e. The van der Waals surface area contributed by atoms with Crippen LogP contribution < -0.4 is 15.1 Å². The third-order valence-corrected chi connectivity index (χ3v) is 10.5. The first kappa shape index (κ1) is 25.1. The van der Waals surface area contributed by atoms with E-state index in [9.17, 15) is 19.2 Å². The van der Waals surface area contributed by atoms with Crippen LogP contribution in [0.25, 0.3) is 0 Å². The number of amides is 3. The Morgan fingerprint density at radius 1 is 1.00 bits per heavy atom. The number of para-hydroxylation sites is 1. The van der Waals surface area contributed by atoms with Gasteiger partial charge >= 0.3 is 4.87 Å². The summed E-state index contributed by atoms with van der Waals surface area (Å²) in [4.78, 5) is 56.1. The summed E-state index contributed by atoms with van der Waals surface area (Å²) in [6.07, 6.45) is 0. The zero-order valence-corrected chi connectivity index (χ0v) is 23.1. The molecule has 4 aromatic rings. The van der Waals surface area contributed by atoms with Crippen molar-refractivity contribution >= 4 is 75.1 Å². The molecule has 192 valence electrons. The largest absolute Gasteiger partial charge is 0.324 e. The number of aromatic nitrogens is 1. The summed E-state index contributed by atoms with van der Waals surface area (Å²) in [6.45, 7) is 1.70. The van der Waals surface area contributed by atoms with Crippen LogP contribution in [0, 0.1) is 12.8 Å². The lowest BCUT2D eigenvalue weighted by Crippen LogP contribution is -2.32. The van der Waals surface area contributed by atoms with Crippen LogP contribution in [0.5, 0.6) is 0 Å². The normalized spacial score (nSPS) is 20.4. The van der Waals surface area contributed by atoms with Crippen LogP contribution in [0.15, 0.2) is 75.9 Å². The Balaban J connectivity index is 1.39. The summed E-state index contributed by atoms with van der Waals surface area (Å²) in [5.74, 6) is -2.10. The highest BCUT2D eigenvalue weighted by molar-refractivity contribution is 8.00. The van der Waals surface area contributed by atoms with Crippen LogP contribution in [-0.2, 0) is 20.9 Å². The average Bonchev–Trinajstić information content (AvgIpc) is 3.59. The third-order valence-electron chi connectivity index (χ3n) is 6.70. The summed E-state index contributed by atoms with van der Waals surface area (Å²) in [5.41, 5.74) is 2.05. The van der Waals surface area contributed by atoms with Gasteiger partial charge in [-0.15, -0.1) is 11.3 Å². The van der Waals surface area contributed by atoms with Crippen molar-refractivity contribution in [1.82, 2.24) is 4.57 Å². The van der Waals surface area contributed by atoms with Crippen LogP contribution in [-0.4, -0.2) is 27.5 Å². The highest BCUT2D eigenvalue weighted by atomic mass is 35.5. The van der Waals surface area contributed by atoms with Crippen molar-refractivity contribution in [2.45, 2.75) is 29.7 Å². The van der Waals surface area contributed by atoms with Crippen LogP contribution in [0.3, 0.4) is 0 Å². The zero-order valence-electron chi connectivity index (χ0n) is 19.9. The van der Waals surface area contributed by atoms with Crippen LogP contribution in [0.4, 0.5) is 11.4 Å². The van der Waals surface area contributed by atoms with Gasteiger partial charge in [-0.1, -0.05) is 59.0 Å². The van der Waals surface area contributed by atoms with E-state index in [4.69, 9.17) is 11.6 Å². The van der Waals surface area contributed by atoms with Gasteiger partial charge in [-0.3, -0.25) is 23.7 Å². The van der Waals surface area contributed by atoms with Gasteiger partial charge in [-0.2, -0.15) is 0 Å². The minimum atomic E-state index is -0.725. The molecule has 3 atom stereocenters. The molecule has 1 saturated heterocycles. The number of thiophene rings is 1. The fourth-order valence-corrected chi connectivity index (χ4v) is 8.77. The number of hydrogen-bond donors (Lipinski definition) is 1. The maximum Gasteiger partial charge on any atom is 0.308 e. The molecule has 2 aliphatic heterocycles. The Morgan fingerprint density at radius 3 is 2.47 bits per heavy atom. The molecule has 0 spiro atoms. The molecule has 0 aliphatic carbocycles. The van der Waals surface area contributed by atoms with E-state index in [1.54, 1.807) is 30.3 Å². The monoisotopic (exact) mass is 581 g/mol. The molecule has 0 saturated carbocycles. The highest BCUT2D eigenvalue weighted by Crippen LogP contribution is 2.54. The molecule has 0 radical (unpaired) electrons. The second kappa shape index (κ2) is 9.85. The van der Waals surface area contributed by atoms with Crippen LogP contribution >= 0.6 is 46.0 Å². The van der Waals surface area contributed by atoms with Gasteiger partial charge in [-0.25, -0.2) is 4.90 Å². The number of thiazole rings is 1. The van der Waals surface area contributed by atoms with Gasteiger partial charge in [0.25, 0.3) is 0 Å². The molecule has 7 nitrogen and oxygen atoms in total. The maximum absolute atomic E-state index is 13.8. The molecule has 4 heterocycles. The number of hydrogen-bond acceptors (Lipinski definition) is 7. The summed E-state index contributed by atoms with van der Waals surface area (Å²) < 4.78 is 1.43. The molecular weight excluding hydrogens is 562 g/mol. The average molecular weight is 582 g/mol. The molecule has 1 N–H and O–H groups in total. The highest BCUT2D eigenvalue weighted by Gasteiger charge is 2.57. The van der Waals surface area contributed by atoms with E-state index in [0.29, 0.717) is 26.3 Å². The van der Waals surface area contributed by atoms with Crippen molar-refractivity contribution in [3.05, 3.63) is 96.1 Å². The number of rotatable bonds is 5. The number of benzene rings is 2. The lowest BCUT2D eigenvalue weighted by molar-refractivity contribution is -0.122. The van der Waals surface area contributed by atoms with E-state index in [0.717, 1.165) is 21.8 Å². The third kappa shape index (κ3) is 4.21. The topological polar surface area (TPSA) is 88.5 Å². The predicted octanol–water partition coefficient (Wildman–Crippen LogP) is 5.37. The smallest absolute Gasteiger partial charge is 0.308 e. The van der Waals surface area contributed by atoms with Gasteiger partial charge in [0, 0.05) is 26.4 Å².